The van der Waals surface area contributed by atoms with Crippen LogP contribution in [-0.4, -0.2) is 113 Å². The summed E-state index contributed by atoms with van der Waals surface area (Å²) in [6.07, 6.45) is 8.69. The number of fused-ring (bicyclic) bond motifs is 2. The van der Waals surface area contributed by atoms with Gasteiger partial charge in [0.15, 0.2) is 0 Å². The molecule has 0 radical (unpaired) electrons. The highest BCUT2D eigenvalue weighted by atomic mass is 35.5. The Hall–Kier alpha value is -5.59. The number of hydrogen-bond donors (Lipinski definition) is 2. The minimum absolute atomic E-state index is 0.0272. The largest absolute Gasteiger partial charge is 0.490 e. The van der Waals surface area contributed by atoms with Gasteiger partial charge >= 0.3 is 0 Å². The van der Waals surface area contributed by atoms with Crippen LogP contribution < -0.4 is 25.2 Å². The average molecular weight is 806 g/mol. The van der Waals surface area contributed by atoms with Crippen molar-refractivity contribution in [3.63, 3.8) is 0 Å². The molecule has 0 bridgehead atoms. The highest BCUT2D eigenvalue weighted by Crippen LogP contribution is 2.38. The van der Waals surface area contributed by atoms with Gasteiger partial charge in [-0.1, -0.05) is 17.7 Å². The number of piperidine rings is 2. The molecule has 15 nitrogen and oxygen atoms in total. The van der Waals surface area contributed by atoms with Crippen molar-refractivity contribution in [2.45, 2.75) is 75.6 Å². The molecule has 1 aromatic heterocycles. The molecule has 5 fully saturated rings. The Bertz CT molecular complexity index is 2180. The minimum atomic E-state index is -0.974. The van der Waals surface area contributed by atoms with Crippen LogP contribution in [0.25, 0.3) is 4.85 Å². The Morgan fingerprint density at radius 2 is 1.55 bits per heavy atom. The van der Waals surface area contributed by atoms with Crippen LogP contribution in [-0.2, 0) is 9.59 Å². The van der Waals surface area contributed by atoms with Crippen LogP contribution in [0.4, 0.5) is 17.3 Å². The number of halogens is 1. The summed E-state index contributed by atoms with van der Waals surface area (Å²) in [6.45, 7) is 12.6. The van der Waals surface area contributed by atoms with Gasteiger partial charge in [0.25, 0.3) is 17.7 Å². The molecule has 6 heterocycles. The summed E-state index contributed by atoms with van der Waals surface area (Å²) in [5.41, 5.74) is 2.37. The van der Waals surface area contributed by atoms with Crippen LogP contribution in [0, 0.1) is 18.4 Å². The highest BCUT2D eigenvalue weighted by Gasteiger charge is 2.46. The molecule has 5 aliphatic heterocycles. The molecule has 2 aromatic carbocycles. The standard InChI is InChI=1S/C42H44ClN9O6/c1-44-35-9-7-31(17-34(35)43)58-30-5-2-27(3-6-30)47-38(54)24-18-45-42(46-19-24)49-14-12-28(13-15-49)50-20-25-22-51(23-26(25)21-50)29-4-8-32-33(16-29)41(57)52(40(32)56)36-10-11-37(53)48-39(36)55/h4,7-9,16-19,25-28,30,36H,2-3,5-6,10-15,20-23H2,(H,47,54)(H,48,53,55). The molecule has 300 valence electrons. The van der Waals surface area contributed by atoms with Gasteiger partial charge in [0.2, 0.25) is 23.5 Å². The summed E-state index contributed by atoms with van der Waals surface area (Å²) >= 11 is 6.16. The fourth-order valence-electron chi connectivity index (χ4n) is 9.66. The summed E-state index contributed by atoms with van der Waals surface area (Å²) < 4.78 is 6.09. The molecule has 1 saturated carbocycles. The van der Waals surface area contributed by atoms with Crippen LogP contribution in [0.15, 0.2) is 48.8 Å². The first-order valence-electron chi connectivity index (χ1n) is 20.2. The fraction of sp³-hybridized carbons (Fsp3) is 0.476. The summed E-state index contributed by atoms with van der Waals surface area (Å²) in [5, 5.41) is 5.77. The number of hydrogen-bond acceptors (Lipinski definition) is 11. The fourth-order valence-corrected chi connectivity index (χ4v) is 9.88. The number of anilines is 2. The van der Waals surface area contributed by atoms with Crippen molar-refractivity contribution in [3.05, 3.63) is 81.9 Å². The SMILES string of the molecule is [C-]#[N+]c1ccc(OC2CCC(NC(=O)c3cnc(N4CCC(N5CC6CN(c7ccc8c(c7)C(=O)N(C7CCC(=O)NC7=O)C8=O)CC6C5)CC4)nc3)CC2)cc1Cl. The lowest BCUT2D eigenvalue weighted by Gasteiger charge is -2.37. The first kappa shape index (κ1) is 38.0. The van der Waals surface area contributed by atoms with E-state index >= 15 is 0 Å². The predicted octanol–water partition coefficient (Wildman–Crippen LogP) is 4.24. The molecule has 1 aliphatic carbocycles. The number of ether oxygens (including phenoxy) is 1. The van der Waals surface area contributed by atoms with Crippen LogP contribution in [0.5, 0.6) is 5.75 Å². The normalized spacial score (nSPS) is 26.3. The second-order valence-corrected chi connectivity index (χ2v) is 16.7. The number of nitrogens with zero attached hydrogens (tertiary/aromatic N) is 7. The van der Waals surface area contributed by atoms with Gasteiger partial charge in [-0.05, 0) is 87.1 Å². The lowest BCUT2D eigenvalue weighted by atomic mass is 9.92. The van der Waals surface area contributed by atoms with E-state index in [1.807, 2.05) is 6.07 Å². The number of imide groups is 2. The van der Waals surface area contributed by atoms with Gasteiger partial charge in [-0.15, -0.1) is 0 Å². The molecular formula is C42H44ClN9O6. The van der Waals surface area contributed by atoms with Gasteiger partial charge in [0.1, 0.15) is 11.8 Å². The molecule has 9 rings (SSSR count). The first-order valence-corrected chi connectivity index (χ1v) is 20.6. The van der Waals surface area contributed by atoms with E-state index in [1.165, 1.54) is 0 Å². The zero-order valence-corrected chi connectivity index (χ0v) is 32.7. The molecule has 3 atom stereocenters. The third-order valence-corrected chi connectivity index (χ3v) is 13.1. The topological polar surface area (TPSA) is 162 Å². The van der Waals surface area contributed by atoms with Crippen LogP contribution >= 0.6 is 11.6 Å². The number of nitrogens with one attached hydrogen (secondary N) is 2. The summed E-state index contributed by atoms with van der Waals surface area (Å²) in [6, 6.07) is 10.0. The number of carbonyl (C=O) groups is 5. The van der Waals surface area contributed by atoms with Crippen LogP contribution in [0.1, 0.15) is 82.4 Å². The van der Waals surface area contributed by atoms with E-state index in [0.717, 1.165) is 88.4 Å². The van der Waals surface area contributed by atoms with Gasteiger partial charge in [0.05, 0.1) is 34.4 Å². The smallest absolute Gasteiger partial charge is 0.262 e. The van der Waals surface area contributed by atoms with Crippen LogP contribution in [0.2, 0.25) is 5.02 Å². The Balaban J connectivity index is 0.717. The molecule has 16 heteroatoms. The van der Waals surface area contributed by atoms with Crippen molar-refractivity contribution >= 4 is 58.5 Å². The number of amides is 5. The van der Waals surface area contributed by atoms with Gasteiger partial charge in [-0.25, -0.2) is 14.8 Å². The van der Waals surface area contributed by atoms with Crippen molar-refractivity contribution in [1.29, 1.82) is 0 Å². The van der Waals surface area contributed by atoms with Gasteiger partial charge in [-0.2, -0.15) is 0 Å². The molecule has 0 spiro atoms. The van der Waals surface area contributed by atoms with Crippen molar-refractivity contribution in [3.8, 4) is 5.75 Å². The molecule has 58 heavy (non-hydrogen) atoms. The van der Waals surface area contributed by atoms with E-state index in [9.17, 15) is 24.0 Å². The maximum atomic E-state index is 13.4. The molecule has 3 aromatic rings. The van der Waals surface area contributed by atoms with Crippen molar-refractivity contribution in [2.24, 2.45) is 11.8 Å². The summed E-state index contributed by atoms with van der Waals surface area (Å²) in [4.78, 5) is 84.4. The predicted molar refractivity (Wildman–Crippen MR) is 213 cm³/mol. The maximum absolute atomic E-state index is 13.4. The van der Waals surface area contributed by atoms with Crippen molar-refractivity contribution in [1.82, 2.24) is 30.4 Å². The number of rotatable bonds is 8. The van der Waals surface area contributed by atoms with E-state index in [-0.39, 0.29) is 30.9 Å². The van der Waals surface area contributed by atoms with Gasteiger partial charge < -0.3 is 19.9 Å². The molecule has 6 aliphatic rings. The highest BCUT2D eigenvalue weighted by molar-refractivity contribution is 6.33. The zero-order chi connectivity index (χ0) is 40.1. The summed E-state index contributed by atoms with van der Waals surface area (Å²) in [5.74, 6) is 0.154. The van der Waals surface area contributed by atoms with Crippen LogP contribution in [0.3, 0.4) is 0 Å². The third-order valence-electron chi connectivity index (χ3n) is 12.8. The second kappa shape index (κ2) is 15.6. The molecule has 3 unspecified atom stereocenters. The summed E-state index contributed by atoms with van der Waals surface area (Å²) in [7, 11) is 0. The Kier molecular flexibility index (Phi) is 10.2. The van der Waals surface area contributed by atoms with E-state index in [1.54, 1.807) is 42.7 Å². The van der Waals surface area contributed by atoms with E-state index in [0.29, 0.717) is 57.0 Å². The van der Waals surface area contributed by atoms with Gasteiger partial charge in [-0.3, -0.25) is 39.1 Å². The Labute approximate surface area is 340 Å². The number of carbonyl (C=O) groups excluding carboxylic acids is 5. The Morgan fingerprint density at radius 3 is 2.22 bits per heavy atom. The maximum Gasteiger partial charge on any atom is 0.262 e. The second-order valence-electron chi connectivity index (χ2n) is 16.3. The molecular weight excluding hydrogens is 762 g/mol. The number of likely N-dealkylation sites (tertiary alicyclic amines) is 1. The third kappa shape index (κ3) is 7.35. The minimum Gasteiger partial charge on any atom is -0.490 e. The van der Waals surface area contributed by atoms with Gasteiger partial charge in [0, 0.05) is 75.9 Å². The number of aromatic nitrogens is 2. The average Bonchev–Trinajstić information content (AvgIpc) is 3.89. The number of benzene rings is 2. The lowest BCUT2D eigenvalue weighted by Crippen LogP contribution is -2.54. The first-order chi connectivity index (χ1) is 28.1. The molecule has 4 saturated heterocycles. The van der Waals surface area contributed by atoms with E-state index in [2.05, 4.69) is 40.1 Å². The molecule has 5 amide bonds. The molecule has 2 N–H and O–H groups in total. The monoisotopic (exact) mass is 805 g/mol. The van der Waals surface area contributed by atoms with E-state index < -0.39 is 29.7 Å². The van der Waals surface area contributed by atoms with Crippen molar-refractivity contribution in [2.75, 3.05) is 49.1 Å². The van der Waals surface area contributed by atoms with E-state index in [4.69, 9.17) is 22.9 Å². The van der Waals surface area contributed by atoms with Crippen molar-refractivity contribution < 1.29 is 28.7 Å². The lowest BCUT2D eigenvalue weighted by molar-refractivity contribution is -0.136. The quantitative estimate of drug-likeness (QED) is 0.248. The zero-order valence-electron chi connectivity index (χ0n) is 31.9. The Morgan fingerprint density at radius 1 is 0.845 bits per heavy atom.